The van der Waals surface area contributed by atoms with Gasteiger partial charge in [-0.05, 0) is 35.7 Å². The van der Waals surface area contributed by atoms with Gasteiger partial charge in [-0.3, -0.25) is 9.89 Å². The van der Waals surface area contributed by atoms with Crippen molar-refractivity contribution < 1.29 is 32.5 Å². The number of methoxy groups -OCH3 is 1. The van der Waals surface area contributed by atoms with Crippen LogP contribution in [-0.4, -0.2) is 51.1 Å². The Morgan fingerprint density at radius 2 is 2.00 bits per heavy atom. The maximum Gasteiger partial charge on any atom is 0.490 e. The Kier molecular flexibility index (Phi) is 6.45. The molecule has 0 amide bonds. The molecule has 0 fully saturated rings. The van der Waals surface area contributed by atoms with E-state index in [1.807, 2.05) is 36.4 Å². The van der Waals surface area contributed by atoms with Gasteiger partial charge in [0.2, 0.25) is 0 Å². The molecular weight excluding hydrogens is 469 g/mol. The zero-order chi connectivity index (χ0) is 25.2. The maximum absolute atomic E-state index is 12.7. The lowest BCUT2D eigenvalue weighted by Gasteiger charge is -2.26. The first-order valence-corrected chi connectivity index (χ1v) is 10.3. The van der Waals surface area contributed by atoms with Crippen LogP contribution in [0.25, 0.3) is 22.0 Å². The Morgan fingerprint density at radius 3 is 2.66 bits per heavy atom. The number of para-hydroxylation sites is 1. The molecule has 0 bridgehead atoms. The van der Waals surface area contributed by atoms with E-state index in [1.165, 1.54) is 0 Å². The van der Waals surface area contributed by atoms with Gasteiger partial charge in [0, 0.05) is 11.8 Å². The molecule has 3 heterocycles. The third-order valence-electron chi connectivity index (χ3n) is 5.36. The molecule has 2 aromatic carbocycles. The Hall–Kier alpha value is -4.35. The number of aromatic nitrogens is 4. The van der Waals surface area contributed by atoms with E-state index in [-0.39, 0.29) is 11.5 Å². The summed E-state index contributed by atoms with van der Waals surface area (Å²) >= 11 is 0. The van der Waals surface area contributed by atoms with Gasteiger partial charge < -0.3 is 19.6 Å². The van der Waals surface area contributed by atoms with Crippen LogP contribution in [0.2, 0.25) is 0 Å². The molecule has 12 heteroatoms. The standard InChI is InChI=1S/C21H18N4O3.C2HF3O2/c1-27-18-4-2-3-13-7-14(11-28-19(13)18)20-24-17-6-5-12(15-9-22-23-10-15)8-16(17)21(26)25-20;3-2(4,5)1(6)7/h2-6,8-10,14H,7,11H2,1H3,(H,22,23)(H,24,25,26);(H,6,7). The van der Waals surface area contributed by atoms with E-state index in [1.54, 1.807) is 19.5 Å². The van der Waals surface area contributed by atoms with Crippen LogP contribution in [0.4, 0.5) is 13.2 Å². The molecule has 182 valence electrons. The van der Waals surface area contributed by atoms with Crippen LogP contribution in [0.5, 0.6) is 11.5 Å². The number of carboxylic acids is 1. The summed E-state index contributed by atoms with van der Waals surface area (Å²) in [6.45, 7) is 0.439. The van der Waals surface area contributed by atoms with Crippen LogP contribution in [0.3, 0.4) is 0 Å². The fraction of sp³-hybridized carbons (Fsp3) is 0.217. The molecule has 1 unspecified atom stereocenters. The van der Waals surface area contributed by atoms with Crippen LogP contribution >= 0.6 is 0 Å². The molecule has 9 nitrogen and oxygen atoms in total. The molecule has 2 aromatic heterocycles. The summed E-state index contributed by atoms with van der Waals surface area (Å²) in [5, 5.41) is 14.4. The van der Waals surface area contributed by atoms with Gasteiger partial charge in [-0.25, -0.2) is 9.78 Å². The monoisotopic (exact) mass is 488 g/mol. The second-order valence-electron chi connectivity index (χ2n) is 7.63. The summed E-state index contributed by atoms with van der Waals surface area (Å²) in [6, 6.07) is 11.5. The van der Waals surface area contributed by atoms with Gasteiger partial charge in [-0.2, -0.15) is 18.3 Å². The topological polar surface area (TPSA) is 130 Å². The van der Waals surface area contributed by atoms with Crippen LogP contribution in [0, 0.1) is 0 Å². The number of H-pyrrole nitrogens is 2. The highest BCUT2D eigenvalue weighted by Crippen LogP contribution is 2.38. The minimum Gasteiger partial charge on any atom is -0.493 e. The molecule has 0 saturated heterocycles. The van der Waals surface area contributed by atoms with E-state index >= 15 is 0 Å². The molecule has 0 aliphatic carbocycles. The van der Waals surface area contributed by atoms with Gasteiger partial charge in [0.1, 0.15) is 5.82 Å². The van der Waals surface area contributed by atoms with Crippen molar-refractivity contribution in [1.29, 1.82) is 0 Å². The van der Waals surface area contributed by atoms with Gasteiger partial charge in [0.15, 0.2) is 11.5 Å². The summed E-state index contributed by atoms with van der Waals surface area (Å²) in [5.41, 5.74) is 3.41. The molecule has 0 spiro atoms. The lowest BCUT2D eigenvalue weighted by molar-refractivity contribution is -0.192. The molecule has 1 atom stereocenters. The number of fused-ring (bicyclic) bond motifs is 2. The fourth-order valence-corrected chi connectivity index (χ4v) is 3.67. The van der Waals surface area contributed by atoms with E-state index in [2.05, 4.69) is 15.2 Å². The molecule has 1 aliphatic heterocycles. The van der Waals surface area contributed by atoms with Crippen molar-refractivity contribution in [2.45, 2.75) is 18.5 Å². The van der Waals surface area contributed by atoms with Crippen LogP contribution in [0.1, 0.15) is 17.3 Å². The number of carboxylic acid groups (broad SMARTS) is 1. The lowest BCUT2D eigenvalue weighted by atomic mass is 9.95. The summed E-state index contributed by atoms with van der Waals surface area (Å²) in [5.74, 6) is -0.642. The molecule has 5 rings (SSSR count). The molecule has 4 aromatic rings. The van der Waals surface area contributed by atoms with E-state index in [0.717, 1.165) is 34.6 Å². The maximum atomic E-state index is 12.7. The van der Waals surface area contributed by atoms with Crippen molar-refractivity contribution in [2.75, 3.05) is 13.7 Å². The molecule has 3 N–H and O–H groups in total. The van der Waals surface area contributed by atoms with E-state index in [9.17, 15) is 18.0 Å². The number of halogens is 3. The number of nitrogens with one attached hydrogen (secondary N) is 2. The van der Waals surface area contributed by atoms with Crippen molar-refractivity contribution in [2.24, 2.45) is 0 Å². The van der Waals surface area contributed by atoms with E-state index < -0.39 is 12.1 Å². The summed E-state index contributed by atoms with van der Waals surface area (Å²) in [6.07, 6.45) is -0.835. The zero-order valence-corrected chi connectivity index (χ0v) is 18.2. The fourth-order valence-electron chi connectivity index (χ4n) is 3.67. The highest BCUT2D eigenvalue weighted by molar-refractivity contribution is 5.83. The van der Waals surface area contributed by atoms with E-state index in [4.69, 9.17) is 24.4 Å². The zero-order valence-electron chi connectivity index (χ0n) is 18.2. The molecular formula is C23H19F3N4O5. The normalized spacial score (nSPS) is 14.9. The number of ether oxygens (including phenoxy) is 2. The van der Waals surface area contributed by atoms with E-state index in [0.29, 0.717) is 23.3 Å². The van der Waals surface area contributed by atoms with Crippen molar-refractivity contribution in [3.63, 3.8) is 0 Å². The van der Waals surface area contributed by atoms with Crippen molar-refractivity contribution in [3.05, 3.63) is 70.5 Å². The van der Waals surface area contributed by atoms with Crippen LogP contribution in [-0.2, 0) is 11.2 Å². The lowest BCUT2D eigenvalue weighted by Crippen LogP contribution is -2.24. The summed E-state index contributed by atoms with van der Waals surface area (Å²) in [4.78, 5) is 29.3. The van der Waals surface area contributed by atoms with Crippen LogP contribution in [0.15, 0.2) is 53.6 Å². The van der Waals surface area contributed by atoms with Gasteiger partial charge >= 0.3 is 12.1 Å². The highest BCUT2D eigenvalue weighted by Gasteiger charge is 2.38. The second-order valence-corrected chi connectivity index (χ2v) is 7.63. The Labute approximate surface area is 195 Å². The number of nitrogens with zero attached hydrogens (tertiary/aromatic N) is 2. The SMILES string of the molecule is COc1cccc2c1OCC(c1nc3ccc(-c4cn[nH]c4)cc3c(=O)[nH]1)C2.O=C(O)C(F)(F)F. The average molecular weight is 488 g/mol. The first kappa shape index (κ1) is 23.8. The summed E-state index contributed by atoms with van der Waals surface area (Å²) in [7, 11) is 1.63. The van der Waals surface area contributed by atoms with Crippen molar-refractivity contribution in [3.8, 4) is 22.6 Å². The quantitative estimate of drug-likeness (QED) is 0.401. The molecule has 1 aliphatic rings. The minimum absolute atomic E-state index is 0.0229. The summed E-state index contributed by atoms with van der Waals surface area (Å²) < 4.78 is 43.0. The van der Waals surface area contributed by atoms with Crippen molar-refractivity contribution >= 4 is 16.9 Å². The third kappa shape index (κ3) is 5.10. The molecule has 0 radical (unpaired) electrons. The van der Waals surface area contributed by atoms with Crippen molar-refractivity contribution in [1.82, 2.24) is 20.2 Å². The van der Waals surface area contributed by atoms with Crippen LogP contribution < -0.4 is 15.0 Å². The third-order valence-corrected chi connectivity index (χ3v) is 5.36. The number of alkyl halides is 3. The molecule has 35 heavy (non-hydrogen) atoms. The highest BCUT2D eigenvalue weighted by atomic mass is 19.4. The Bertz CT molecular complexity index is 1420. The van der Waals surface area contributed by atoms with Gasteiger partial charge in [-0.1, -0.05) is 18.2 Å². The Balaban J connectivity index is 0.000000364. The first-order valence-electron chi connectivity index (χ1n) is 10.3. The van der Waals surface area contributed by atoms with Gasteiger partial charge in [0.25, 0.3) is 5.56 Å². The van der Waals surface area contributed by atoms with Gasteiger partial charge in [0.05, 0.1) is 36.7 Å². The number of carbonyl (C=O) groups is 1. The minimum atomic E-state index is -5.08. The second kappa shape index (κ2) is 9.49. The average Bonchev–Trinajstić information content (AvgIpc) is 3.38. The predicted molar refractivity (Wildman–Crippen MR) is 119 cm³/mol. The smallest absolute Gasteiger partial charge is 0.490 e. The number of aliphatic carboxylic acids is 1. The number of benzene rings is 2. The number of aromatic amines is 2. The van der Waals surface area contributed by atoms with Gasteiger partial charge in [-0.15, -0.1) is 0 Å². The largest absolute Gasteiger partial charge is 0.493 e. The number of hydrogen-bond donors (Lipinski definition) is 3. The number of rotatable bonds is 3. The number of hydrogen-bond acceptors (Lipinski definition) is 6. The predicted octanol–water partition coefficient (Wildman–Crippen LogP) is 3.67. The first-order chi connectivity index (χ1) is 16.7. The Morgan fingerprint density at radius 1 is 1.23 bits per heavy atom. The molecule has 0 saturated carbocycles.